The number of benzene rings is 2. The first-order valence-corrected chi connectivity index (χ1v) is 6.58. The van der Waals surface area contributed by atoms with Gasteiger partial charge in [0.1, 0.15) is 6.29 Å². The number of carbonyl (C=O) groups is 2. The summed E-state index contributed by atoms with van der Waals surface area (Å²) < 4.78 is 0. The maximum Gasteiger partial charge on any atom is 0.224 e. The first-order chi connectivity index (χ1) is 9.67. The molecule has 2 aromatic rings. The summed E-state index contributed by atoms with van der Waals surface area (Å²) in [7, 11) is 0. The number of rotatable bonds is 5. The molecule has 0 spiro atoms. The number of aryl methyl sites for hydroxylation is 2. The van der Waals surface area contributed by atoms with Gasteiger partial charge in [-0.3, -0.25) is 9.59 Å². The van der Waals surface area contributed by atoms with Crippen molar-refractivity contribution in [3.63, 3.8) is 0 Å². The molecule has 1 N–H and O–H groups in total. The van der Waals surface area contributed by atoms with Gasteiger partial charge < -0.3 is 5.32 Å². The molecule has 2 rings (SSSR count). The van der Waals surface area contributed by atoms with Crippen LogP contribution in [0.2, 0.25) is 0 Å². The number of aldehydes is 1. The van der Waals surface area contributed by atoms with Crippen LogP contribution in [0.15, 0.2) is 48.5 Å². The second-order valence-electron chi connectivity index (χ2n) is 4.78. The van der Waals surface area contributed by atoms with E-state index in [4.69, 9.17) is 0 Å². The van der Waals surface area contributed by atoms with Crippen molar-refractivity contribution in [2.45, 2.75) is 19.8 Å². The summed E-state index contributed by atoms with van der Waals surface area (Å²) in [4.78, 5) is 22.5. The predicted molar refractivity (Wildman–Crippen MR) is 80.0 cm³/mol. The molecule has 0 aromatic heterocycles. The molecule has 0 atom stereocenters. The van der Waals surface area contributed by atoms with Gasteiger partial charge in [-0.25, -0.2) is 0 Å². The van der Waals surface area contributed by atoms with E-state index in [1.807, 2.05) is 31.2 Å². The van der Waals surface area contributed by atoms with Gasteiger partial charge in [-0.1, -0.05) is 42.0 Å². The van der Waals surface area contributed by atoms with E-state index in [1.54, 1.807) is 24.3 Å². The van der Waals surface area contributed by atoms with E-state index in [0.29, 0.717) is 24.1 Å². The second-order valence-corrected chi connectivity index (χ2v) is 4.78. The Morgan fingerprint density at radius 1 is 1.15 bits per heavy atom. The van der Waals surface area contributed by atoms with Crippen LogP contribution in [0.5, 0.6) is 0 Å². The van der Waals surface area contributed by atoms with Crippen molar-refractivity contribution >= 4 is 17.9 Å². The lowest BCUT2D eigenvalue weighted by molar-refractivity contribution is -0.116. The lowest BCUT2D eigenvalue weighted by Gasteiger charge is -2.06. The molecule has 0 saturated carbocycles. The van der Waals surface area contributed by atoms with Crippen molar-refractivity contribution < 1.29 is 9.59 Å². The Hall–Kier alpha value is -2.42. The zero-order valence-electron chi connectivity index (χ0n) is 11.4. The highest BCUT2D eigenvalue weighted by molar-refractivity contribution is 5.91. The summed E-state index contributed by atoms with van der Waals surface area (Å²) in [6.45, 7) is 2.04. The van der Waals surface area contributed by atoms with E-state index in [1.165, 1.54) is 5.56 Å². The maximum absolute atomic E-state index is 11.9. The van der Waals surface area contributed by atoms with Crippen LogP contribution in [0.1, 0.15) is 27.9 Å². The van der Waals surface area contributed by atoms with Crippen molar-refractivity contribution in [2.75, 3.05) is 5.32 Å². The van der Waals surface area contributed by atoms with Crippen LogP contribution in [0.25, 0.3) is 0 Å². The standard InChI is InChI=1S/C17H17NO2/c1-13-5-7-14(8-6-13)9-10-17(20)18-16-4-2-3-15(11-16)12-19/h2-8,11-12H,9-10H2,1H3,(H,18,20). The van der Waals surface area contributed by atoms with Crippen LogP contribution < -0.4 is 5.32 Å². The van der Waals surface area contributed by atoms with Crippen molar-refractivity contribution in [3.05, 3.63) is 65.2 Å². The van der Waals surface area contributed by atoms with Crippen LogP contribution in [-0.4, -0.2) is 12.2 Å². The minimum atomic E-state index is -0.0476. The number of hydrogen-bond acceptors (Lipinski definition) is 2. The molecule has 0 radical (unpaired) electrons. The van der Waals surface area contributed by atoms with Gasteiger partial charge >= 0.3 is 0 Å². The third-order valence-corrected chi connectivity index (χ3v) is 3.07. The predicted octanol–water partition coefficient (Wildman–Crippen LogP) is 3.38. The zero-order valence-corrected chi connectivity index (χ0v) is 11.4. The smallest absolute Gasteiger partial charge is 0.224 e. The van der Waals surface area contributed by atoms with Crippen molar-refractivity contribution in [1.29, 1.82) is 0 Å². The van der Waals surface area contributed by atoms with Crippen molar-refractivity contribution in [2.24, 2.45) is 0 Å². The van der Waals surface area contributed by atoms with E-state index in [-0.39, 0.29) is 5.91 Å². The molecule has 0 aliphatic carbocycles. The highest BCUT2D eigenvalue weighted by atomic mass is 16.1. The molecule has 0 saturated heterocycles. The Morgan fingerprint density at radius 2 is 1.90 bits per heavy atom. The highest BCUT2D eigenvalue weighted by Gasteiger charge is 2.03. The third-order valence-electron chi connectivity index (χ3n) is 3.07. The molecule has 0 fully saturated rings. The maximum atomic E-state index is 11.9. The molecule has 3 heteroatoms. The number of nitrogens with one attached hydrogen (secondary N) is 1. The molecule has 0 aliphatic heterocycles. The van der Waals surface area contributed by atoms with E-state index in [9.17, 15) is 9.59 Å². The summed E-state index contributed by atoms with van der Waals surface area (Å²) in [6.07, 6.45) is 1.90. The van der Waals surface area contributed by atoms with E-state index < -0.39 is 0 Å². The van der Waals surface area contributed by atoms with Crippen LogP contribution in [0.4, 0.5) is 5.69 Å². The Balaban J connectivity index is 1.88. The molecular formula is C17H17NO2. The fourth-order valence-corrected chi connectivity index (χ4v) is 1.93. The molecule has 3 nitrogen and oxygen atoms in total. The quantitative estimate of drug-likeness (QED) is 0.844. The third kappa shape index (κ3) is 4.05. The SMILES string of the molecule is Cc1ccc(CCC(=O)Nc2cccc(C=O)c2)cc1. The van der Waals surface area contributed by atoms with Crippen LogP contribution >= 0.6 is 0 Å². The average Bonchev–Trinajstić information content (AvgIpc) is 2.47. The molecule has 0 unspecified atom stereocenters. The molecule has 102 valence electrons. The first-order valence-electron chi connectivity index (χ1n) is 6.58. The zero-order chi connectivity index (χ0) is 14.4. The Kier molecular flexibility index (Phi) is 4.66. The summed E-state index contributed by atoms with van der Waals surface area (Å²) in [5.41, 5.74) is 3.57. The van der Waals surface area contributed by atoms with E-state index in [2.05, 4.69) is 5.32 Å². The lowest BCUT2D eigenvalue weighted by Crippen LogP contribution is -2.12. The number of hydrogen-bond donors (Lipinski definition) is 1. The minimum absolute atomic E-state index is 0.0476. The van der Waals surface area contributed by atoms with Gasteiger partial charge in [0, 0.05) is 17.7 Å². The molecule has 0 aliphatic rings. The molecule has 1 amide bonds. The van der Waals surface area contributed by atoms with Gasteiger partial charge in [0.25, 0.3) is 0 Å². The summed E-state index contributed by atoms with van der Waals surface area (Å²) in [5, 5.41) is 2.80. The molecule has 0 heterocycles. The molecule has 0 bridgehead atoms. The number of anilines is 1. The van der Waals surface area contributed by atoms with Crippen LogP contribution in [-0.2, 0) is 11.2 Å². The molecule has 2 aromatic carbocycles. The summed E-state index contributed by atoms with van der Waals surface area (Å²) in [6, 6.07) is 15.1. The fraction of sp³-hybridized carbons (Fsp3) is 0.176. The van der Waals surface area contributed by atoms with Gasteiger partial charge in [0.15, 0.2) is 0 Å². The minimum Gasteiger partial charge on any atom is -0.326 e. The van der Waals surface area contributed by atoms with Crippen LogP contribution in [0.3, 0.4) is 0 Å². The Labute approximate surface area is 118 Å². The first kappa shape index (κ1) is 14.0. The van der Waals surface area contributed by atoms with Gasteiger partial charge in [-0.05, 0) is 31.0 Å². The lowest BCUT2D eigenvalue weighted by atomic mass is 10.1. The largest absolute Gasteiger partial charge is 0.326 e. The Morgan fingerprint density at radius 3 is 2.60 bits per heavy atom. The van der Waals surface area contributed by atoms with Gasteiger partial charge in [0.2, 0.25) is 5.91 Å². The summed E-state index contributed by atoms with van der Waals surface area (Å²) >= 11 is 0. The Bertz CT molecular complexity index is 603. The van der Waals surface area contributed by atoms with Gasteiger partial charge in [-0.2, -0.15) is 0 Å². The van der Waals surface area contributed by atoms with E-state index in [0.717, 1.165) is 11.8 Å². The molecular weight excluding hydrogens is 250 g/mol. The summed E-state index contributed by atoms with van der Waals surface area (Å²) in [5.74, 6) is -0.0476. The number of carbonyl (C=O) groups excluding carboxylic acids is 2. The topological polar surface area (TPSA) is 46.2 Å². The number of amides is 1. The monoisotopic (exact) mass is 267 g/mol. The van der Waals surface area contributed by atoms with Gasteiger partial charge in [0.05, 0.1) is 0 Å². The average molecular weight is 267 g/mol. The second kappa shape index (κ2) is 6.66. The van der Waals surface area contributed by atoms with Crippen molar-refractivity contribution in [3.8, 4) is 0 Å². The molecule has 20 heavy (non-hydrogen) atoms. The van der Waals surface area contributed by atoms with Crippen molar-refractivity contribution in [1.82, 2.24) is 0 Å². The van der Waals surface area contributed by atoms with Crippen LogP contribution in [0, 0.1) is 6.92 Å². The normalized spacial score (nSPS) is 10.1. The van der Waals surface area contributed by atoms with E-state index >= 15 is 0 Å². The highest BCUT2D eigenvalue weighted by Crippen LogP contribution is 2.11. The fourth-order valence-electron chi connectivity index (χ4n) is 1.93. The van der Waals surface area contributed by atoms with Gasteiger partial charge in [-0.15, -0.1) is 0 Å².